The molecule has 0 fully saturated rings. The Morgan fingerprint density at radius 2 is 0.870 bits per heavy atom. The van der Waals surface area contributed by atoms with Crippen LogP contribution in [0.15, 0.2) is 127 Å². The van der Waals surface area contributed by atoms with Crippen LogP contribution in [0.3, 0.4) is 0 Å². The van der Waals surface area contributed by atoms with Crippen LogP contribution in [-0.2, 0) is 14.7 Å². The smallest absolute Gasteiger partial charge is 0.457 e. The average molecular weight is 635 g/mol. The van der Waals surface area contributed by atoms with E-state index in [0.29, 0.717) is 33.6 Å². The maximum Gasteiger partial charge on any atom is 0.514 e. The summed E-state index contributed by atoms with van der Waals surface area (Å²) in [5.41, 5.74) is 0.654. The van der Waals surface area contributed by atoms with Crippen LogP contribution in [0.2, 0.25) is 0 Å². The van der Waals surface area contributed by atoms with Gasteiger partial charge < -0.3 is 23.5 Å². The minimum Gasteiger partial charge on any atom is -0.457 e. The van der Waals surface area contributed by atoms with Crippen LogP contribution in [0.5, 0.6) is 28.7 Å². The highest BCUT2D eigenvalue weighted by atomic mass is 31.2. The quantitative estimate of drug-likeness (QED) is 0.0962. The number of benzene rings is 5. The molecule has 0 aliphatic carbocycles. The van der Waals surface area contributed by atoms with Crippen LogP contribution < -0.4 is 30.1 Å². The Balaban J connectivity index is 1.33. The average Bonchev–Trinajstić information content (AvgIpc) is 3.02. The fraction of sp³-hybridized carbons (Fsp3) is 0.205. The summed E-state index contributed by atoms with van der Waals surface area (Å²) in [5, 5.41) is 2.11. The Hall–Kier alpha value is -4.80. The predicted octanol–water partition coefficient (Wildman–Crippen LogP) is 9.52. The lowest BCUT2D eigenvalue weighted by molar-refractivity contribution is 0.0206. The molecule has 6 nitrogen and oxygen atoms in total. The summed E-state index contributed by atoms with van der Waals surface area (Å²) < 4.78 is 37.5. The zero-order valence-corrected chi connectivity index (χ0v) is 27.9. The predicted molar refractivity (Wildman–Crippen MR) is 184 cm³/mol. The first-order valence-corrected chi connectivity index (χ1v) is 16.8. The highest BCUT2D eigenvalue weighted by Gasteiger charge is 2.30. The Kier molecular flexibility index (Phi) is 9.41. The normalized spacial score (nSPS) is 12.9. The van der Waals surface area contributed by atoms with Gasteiger partial charge in [0.15, 0.2) is 7.14 Å². The molecular weight excluding hydrogens is 595 g/mol. The van der Waals surface area contributed by atoms with Gasteiger partial charge in [0.25, 0.3) is 0 Å². The largest absolute Gasteiger partial charge is 0.514 e. The molecule has 5 aromatic rings. The van der Waals surface area contributed by atoms with Gasteiger partial charge in [-0.25, -0.2) is 4.79 Å². The van der Waals surface area contributed by atoms with E-state index in [1.54, 1.807) is 57.2 Å². The number of carbonyl (C=O) groups is 1. The Morgan fingerprint density at radius 3 is 1.28 bits per heavy atom. The minimum atomic E-state index is -3.21. The molecule has 5 aromatic carbocycles. The lowest BCUT2D eigenvalue weighted by atomic mass is 9.87. The number of carbonyl (C=O) groups excluding carboxylic acids is 1. The van der Waals surface area contributed by atoms with Gasteiger partial charge in [0.2, 0.25) is 0 Å². The second kappa shape index (κ2) is 13.3. The first-order chi connectivity index (χ1) is 21.8. The van der Waals surface area contributed by atoms with Crippen LogP contribution in [0, 0.1) is 0 Å². The van der Waals surface area contributed by atoms with Crippen molar-refractivity contribution in [3.63, 3.8) is 0 Å². The molecule has 5 rings (SSSR count). The third-order valence-electron chi connectivity index (χ3n) is 7.13. The highest BCUT2D eigenvalue weighted by molar-refractivity contribution is 7.85. The summed E-state index contributed by atoms with van der Waals surface area (Å²) >= 11 is 0. The van der Waals surface area contributed by atoms with Crippen LogP contribution in [-0.4, -0.2) is 11.8 Å². The third-order valence-corrected chi connectivity index (χ3v) is 10.2. The van der Waals surface area contributed by atoms with E-state index in [1.807, 2.05) is 78.9 Å². The number of hydrogen-bond acceptors (Lipinski definition) is 6. The van der Waals surface area contributed by atoms with E-state index in [0.717, 1.165) is 11.1 Å². The molecule has 46 heavy (non-hydrogen) atoms. The van der Waals surface area contributed by atoms with Gasteiger partial charge >= 0.3 is 6.16 Å². The van der Waals surface area contributed by atoms with E-state index in [1.165, 1.54) is 5.56 Å². The molecule has 0 amide bonds. The van der Waals surface area contributed by atoms with Gasteiger partial charge in [-0.3, -0.25) is 0 Å². The van der Waals surface area contributed by atoms with Crippen LogP contribution in [0.25, 0.3) is 0 Å². The fourth-order valence-electron chi connectivity index (χ4n) is 4.77. The van der Waals surface area contributed by atoms with Crippen molar-refractivity contribution in [2.75, 3.05) is 0 Å². The zero-order valence-electron chi connectivity index (χ0n) is 27.0. The van der Waals surface area contributed by atoms with Gasteiger partial charge in [-0.05, 0) is 117 Å². The van der Waals surface area contributed by atoms with E-state index in [9.17, 15) is 9.36 Å². The highest BCUT2D eigenvalue weighted by Crippen LogP contribution is 2.43. The van der Waals surface area contributed by atoms with E-state index in [4.69, 9.17) is 18.9 Å². The topological polar surface area (TPSA) is 71.1 Å². The summed E-state index contributed by atoms with van der Waals surface area (Å²) in [6.07, 6.45) is -0.771. The van der Waals surface area contributed by atoms with Gasteiger partial charge in [-0.1, -0.05) is 63.2 Å². The third kappa shape index (κ3) is 8.07. The molecule has 0 saturated carbocycles. The number of ether oxygens (including phenoxy) is 4. The van der Waals surface area contributed by atoms with Crippen molar-refractivity contribution in [3.05, 3.63) is 133 Å². The van der Waals surface area contributed by atoms with Crippen LogP contribution in [0.1, 0.15) is 47.1 Å². The zero-order chi connectivity index (χ0) is 33.0. The molecule has 7 heteroatoms. The molecule has 0 spiro atoms. The van der Waals surface area contributed by atoms with Gasteiger partial charge in [-0.15, -0.1) is 0 Å². The van der Waals surface area contributed by atoms with Gasteiger partial charge in [0.1, 0.15) is 34.3 Å². The molecule has 0 saturated heterocycles. The molecule has 0 aromatic heterocycles. The molecule has 0 aliphatic heterocycles. The standard InChI is InChI=1S/C39H39O6P/c1-38(2,3)28-12-14-29(15-13-28)42-31-20-24-35(25-21-31)46(41,34-10-8-7-9-11-34)36-26-22-32(23-27-36)43-30-16-18-33(19-17-30)44-37(40)45-39(4,5)6/h7-27H,1-6H3. The Morgan fingerprint density at radius 1 is 0.500 bits per heavy atom. The number of rotatable bonds is 8. The minimum absolute atomic E-state index is 0.0641. The Bertz CT molecular complexity index is 1800. The molecule has 0 aliphatic rings. The summed E-state index contributed by atoms with van der Waals surface area (Å²) in [6, 6.07) is 39.0. The van der Waals surface area contributed by atoms with E-state index >= 15 is 0 Å². The monoisotopic (exact) mass is 634 g/mol. The second-order valence-electron chi connectivity index (χ2n) is 12.9. The fourth-order valence-corrected chi connectivity index (χ4v) is 7.40. The molecule has 1 atom stereocenters. The van der Waals surface area contributed by atoms with Crippen LogP contribution >= 0.6 is 7.14 Å². The van der Waals surface area contributed by atoms with Crippen molar-refractivity contribution in [1.29, 1.82) is 0 Å². The molecule has 0 bridgehead atoms. The van der Waals surface area contributed by atoms with Crippen molar-refractivity contribution in [2.45, 2.75) is 52.6 Å². The Labute approximate surface area is 271 Å². The van der Waals surface area contributed by atoms with Gasteiger partial charge in [-0.2, -0.15) is 0 Å². The molecule has 0 heterocycles. The van der Waals surface area contributed by atoms with Crippen molar-refractivity contribution in [2.24, 2.45) is 0 Å². The van der Waals surface area contributed by atoms with Crippen molar-refractivity contribution >= 4 is 29.2 Å². The summed E-state index contributed by atoms with van der Waals surface area (Å²) in [5.74, 6) is 2.88. The van der Waals surface area contributed by atoms with Crippen molar-refractivity contribution < 1.29 is 28.3 Å². The molecule has 236 valence electrons. The lowest BCUT2D eigenvalue weighted by Gasteiger charge is -2.21. The van der Waals surface area contributed by atoms with Crippen molar-refractivity contribution in [1.82, 2.24) is 0 Å². The first-order valence-electron chi connectivity index (χ1n) is 15.1. The lowest BCUT2D eigenvalue weighted by Crippen LogP contribution is -2.25. The van der Waals surface area contributed by atoms with E-state index in [-0.39, 0.29) is 5.41 Å². The number of hydrogen-bond donors (Lipinski definition) is 0. The van der Waals surface area contributed by atoms with Gasteiger partial charge in [0.05, 0.1) is 0 Å². The molecule has 1 unspecified atom stereocenters. The maximum absolute atomic E-state index is 15.0. The summed E-state index contributed by atoms with van der Waals surface area (Å²) in [6.45, 7) is 11.9. The van der Waals surface area contributed by atoms with Gasteiger partial charge in [0, 0.05) is 15.9 Å². The van der Waals surface area contributed by atoms with Crippen molar-refractivity contribution in [3.8, 4) is 28.7 Å². The second-order valence-corrected chi connectivity index (χ2v) is 15.7. The summed E-state index contributed by atoms with van der Waals surface area (Å²) in [4.78, 5) is 11.9. The molecule has 0 N–H and O–H groups in total. The van der Waals surface area contributed by atoms with E-state index in [2.05, 4.69) is 32.9 Å². The SMILES string of the molecule is CC(C)(C)OC(=O)Oc1ccc(Oc2ccc(P(=O)(c3ccccc3)c3ccc(Oc4ccc(C(C)(C)C)cc4)cc3)cc2)cc1. The van der Waals surface area contributed by atoms with Crippen LogP contribution in [0.4, 0.5) is 4.79 Å². The first kappa shape index (κ1) is 32.6. The molecular formula is C39H39O6P. The summed E-state index contributed by atoms with van der Waals surface area (Å²) in [7, 11) is -3.21. The molecule has 0 radical (unpaired) electrons. The van der Waals surface area contributed by atoms with E-state index < -0.39 is 18.9 Å². The maximum atomic E-state index is 15.0.